The molecule has 0 fully saturated rings. The number of hydrogen-bond acceptors (Lipinski definition) is 1. The molecule has 268 valence electrons. The molecule has 0 amide bonds. The molecule has 0 aliphatic heterocycles. The van der Waals surface area contributed by atoms with Gasteiger partial charge in [-0.3, -0.25) is 0 Å². The lowest BCUT2D eigenvalue weighted by atomic mass is 9.81. The van der Waals surface area contributed by atoms with Crippen LogP contribution in [-0.2, 0) is 5.41 Å². The third-order valence-corrected chi connectivity index (χ3v) is 11.9. The van der Waals surface area contributed by atoms with Gasteiger partial charge in [0.1, 0.15) is 0 Å². The van der Waals surface area contributed by atoms with Crippen molar-refractivity contribution in [3.63, 3.8) is 0 Å². The molecule has 0 saturated heterocycles. The summed E-state index contributed by atoms with van der Waals surface area (Å²) < 4.78 is 0. The molecule has 0 radical (unpaired) electrons. The van der Waals surface area contributed by atoms with Crippen LogP contribution in [-0.4, -0.2) is 0 Å². The maximum atomic E-state index is 2.48. The molecule has 0 N–H and O–H groups in total. The van der Waals surface area contributed by atoms with Crippen LogP contribution in [0.4, 0.5) is 17.1 Å². The zero-order chi connectivity index (χ0) is 37.6. The SMILES string of the molecule is CC1(C)c2cc(N(c3ccc(C4=CCCC=C4)cc3)c3ccc4ccccc4c3-c3ccccc3)ccc2-c2c(-c3cccc(-c4ccccc4)c3)cccc21. The summed E-state index contributed by atoms with van der Waals surface area (Å²) in [6.07, 6.45) is 9.10. The van der Waals surface area contributed by atoms with Gasteiger partial charge in [0.25, 0.3) is 0 Å². The number of anilines is 3. The van der Waals surface area contributed by atoms with Crippen LogP contribution < -0.4 is 4.90 Å². The van der Waals surface area contributed by atoms with Crippen LogP contribution >= 0.6 is 0 Å². The van der Waals surface area contributed by atoms with Gasteiger partial charge >= 0.3 is 0 Å². The van der Waals surface area contributed by atoms with Crippen molar-refractivity contribution < 1.29 is 0 Å². The predicted molar refractivity (Wildman–Crippen MR) is 239 cm³/mol. The van der Waals surface area contributed by atoms with E-state index in [1.54, 1.807) is 0 Å². The second-order valence-electron chi connectivity index (χ2n) is 15.6. The van der Waals surface area contributed by atoms with Crippen molar-refractivity contribution in [2.45, 2.75) is 32.1 Å². The molecular formula is C55H43N. The Kier molecular flexibility index (Phi) is 8.37. The van der Waals surface area contributed by atoms with Crippen LogP contribution in [0.25, 0.3) is 60.9 Å². The Hall–Kier alpha value is -6.70. The van der Waals surface area contributed by atoms with Crippen molar-refractivity contribution >= 4 is 33.4 Å². The molecule has 0 heterocycles. The average molecular weight is 718 g/mol. The molecule has 1 nitrogen and oxygen atoms in total. The molecule has 56 heavy (non-hydrogen) atoms. The lowest BCUT2D eigenvalue weighted by molar-refractivity contribution is 0.660. The molecule has 8 aromatic rings. The molecule has 0 unspecified atom stereocenters. The second-order valence-corrected chi connectivity index (χ2v) is 15.6. The van der Waals surface area contributed by atoms with E-state index < -0.39 is 0 Å². The summed E-state index contributed by atoms with van der Waals surface area (Å²) in [5.74, 6) is 0. The minimum atomic E-state index is -0.200. The van der Waals surface area contributed by atoms with E-state index in [1.165, 1.54) is 77.5 Å². The van der Waals surface area contributed by atoms with Crippen LogP contribution in [0.2, 0.25) is 0 Å². The van der Waals surface area contributed by atoms with Gasteiger partial charge in [-0.05, 0) is 121 Å². The molecule has 2 aliphatic rings. The maximum absolute atomic E-state index is 2.48. The van der Waals surface area contributed by atoms with Gasteiger partial charge in [0, 0.05) is 22.4 Å². The molecule has 1 heteroatoms. The van der Waals surface area contributed by atoms with Gasteiger partial charge < -0.3 is 4.90 Å². The highest BCUT2D eigenvalue weighted by atomic mass is 15.1. The molecule has 0 atom stereocenters. The van der Waals surface area contributed by atoms with E-state index in [0.29, 0.717) is 0 Å². The van der Waals surface area contributed by atoms with Crippen molar-refractivity contribution in [3.05, 3.63) is 217 Å². The molecule has 0 spiro atoms. The fourth-order valence-electron chi connectivity index (χ4n) is 9.06. The van der Waals surface area contributed by atoms with E-state index in [2.05, 4.69) is 219 Å². The highest BCUT2D eigenvalue weighted by Crippen LogP contribution is 2.54. The molecule has 8 aromatic carbocycles. The average Bonchev–Trinajstić information content (AvgIpc) is 3.50. The van der Waals surface area contributed by atoms with Gasteiger partial charge in [-0.2, -0.15) is 0 Å². The summed E-state index contributed by atoms with van der Waals surface area (Å²) in [7, 11) is 0. The lowest BCUT2D eigenvalue weighted by Crippen LogP contribution is -2.17. The van der Waals surface area contributed by atoms with Gasteiger partial charge in [0.15, 0.2) is 0 Å². The Morgan fingerprint density at radius 1 is 0.446 bits per heavy atom. The van der Waals surface area contributed by atoms with E-state index in [0.717, 1.165) is 29.9 Å². The zero-order valence-corrected chi connectivity index (χ0v) is 31.9. The Labute approximate surface area is 330 Å². The number of hydrogen-bond donors (Lipinski definition) is 0. The van der Waals surface area contributed by atoms with E-state index in [1.807, 2.05) is 0 Å². The van der Waals surface area contributed by atoms with E-state index in [9.17, 15) is 0 Å². The minimum Gasteiger partial charge on any atom is -0.310 e. The maximum Gasteiger partial charge on any atom is 0.0546 e. The van der Waals surface area contributed by atoms with Crippen molar-refractivity contribution in [2.24, 2.45) is 0 Å². The number of benzene rings is 8. The van der Waals surface area contributed by atoms with Crippen LogP contribution in [0.5, 0.6) is 0 Å². The zero-order valence-electron chi connectivity index (χ0n) is 31.9. The smallest absolute Gasteiger partial charge is 0.0546 e. The first-order chi connectivity index (χ1) is 27.5. The number of nitrogens with zero attached hydrogens (tertiary/aromatic N) is 1. The van der Waals surface area contributed by atoms with Crippen LogP contribution in [0.15, 0.2) is 200 Å². The van der Waals surface area contributed by atoms with Gasteiger partial charge in [0.05, 0.1) is 5.69 Å². The highest BCUT2D eigenvalue weighted by Gasteiger charge is 2.37. The molecule has 2 aliphatic carbocycles. The predicted octanol–water partition coefficient (Wildman–Crippen LogP) is 15.4. The molecule has 0 saturated carbocycles. The van der Waals surface area contributed by atoms with Crippen LogP contribution in [0.3, 0.4) is 0 Å². The van der Waals surface area contributed by atoms with Crippen LogP contribution in [0.1, 0.15) is 43.4 Å². The summed E-state index contributed by atoms with van der Waals surface area (Å²) in [6.45, 7) is 4.78. The Morgan fingerprint density at radius 2 is 1.14 bits per heavy atom. The normalized spacial score (nSPS) is 13.9. The monoisotopic (exact) mass is 717 g/mol. The van der Waals surface area contributed by atoms with Crippen molar-refractivity contribution in [1.29, 1.82) is 0 Å². The van der Waals surface area contributed by atoms with E-state index >= 15 is 0 Å². The number of allylic oxidation sites excluding steroid dienone is 4. The van der Waals surface area contributed by atoms with Crippen molar-refractivity contribution in [1.82, 2.24) is 0 Å². The first kappa shape index (κ1) is 33.8. The largest absolute Gasteiger partial charge is 0.310 e. The van der Waals surface area contributed by atoms with Gasteiger partial charge in [-0.25, -0.2) is 0 Å². The Bertz CT molecular complexity index is 2800. The van der Waals surface area contributed by atoms with E-state index in [-0.39, 0.29) is 5.41 Å². The van der Waals surface area contributed by atoms with Gasteiger partial charge in [-0.15, -0.1) is 0 Å². The van der Waals surface area contributed by atoms with Gasteiger partial charge in [-0.1, -0.05) is 178 Å². The summed E-state index contributed by atoms with van der Waals surface area (Å²) in [5, 5.41) is 2.47. The standard InChI is InChI=1S/C55H43N/c1-55(2)50-27-15-26-48(44-24-14-23-43(36-44)39-18-8-4-9-19-39)54(50)49-34-33-46(37-51(49)55)56(45-31-28-40(29-32-45)38-16-6-3-7-17-38)52-35-30-41-20-12-13-25-47(41)53(52)42-21-10-5-11-22-42/h4-6,8-37H,3,7H2,1-2H3. The number of rotatable bonds is 7. The Balaban J connectivity index is 1.16. The third kappa shape index (κ3) is 5.79. The summed E-state index contributed by atoms with van der Waals surface area (Å²) in [5.41, 5.74) is 18.6. The highest BCUT2D eigenvalue weighted by molar-refractivity contribution is 6.05. The fraction of sp³-hybridized carbons (Fsp3) is 0.0909. The fourth-order valence-corrected chi connectivity index (χ4v) is 9.06. The Morgan fingerprint density at radius 3 is 1.93 bits per heavy atom. The molecule has 0 aromatic heterocycles. The van der Waals surface area contributed by atoms with Gasteiger partial charge in [0.2, 0.25) is 0 Å². The van der Waals surface area contributed by atoms with E-state index in [4.69, 9.17) is 0 Å². The topological polar surface area (TPSA) is 3.24 Å². The summed E-state index contributed by atoms with van der Waals surface area (Å²) in [6, 6.07) is 67.2. The quantitative estimate of drug-likeness (QED) is 0.159. The molecule has 0 bridgehead atoms. The molecular weight excluding hydrogens is 675 g/mol. The molecule has 10 rings (SSSR count). The van der Waals surface area contributed by atoms with Crippen molar-refractivity contribution in [3.8, 4) is 44.5 Å². The first-order valence-corrected chi connectivity index (χ1v) is 19.8. The van der Waals surface area contributed by atoms with Crippen molar-refractivity contribution in [2.75, 3.05) is 4.90 Å². The summed E-state index contributed by atoms with van der Waals surface area (Å²) >= 11 is 0. The second kappa shape index (κ2) is 13.9. The number of fused-ring (bicyclic) bond motifs is 4. The third-order valence-electron chi connectivity index (χ3n) is 11.9. The first-order valence-electron chi connectivity index (χ1n) is 19.8. The lowest BCUT2D eigenvalue weighted by Gasteiger charge is -2.30. The summed E-state index contributed by atoms with van der Waals surface area (Å²) in [4.78, 5) is 2.48. The van der Waals surface area contributed by atoms with Crippen LogP contribution in [0, 0.1) is 0 Å². The minimum absolute atomic E-state index is 0.200.